The number of rotatable bonds is 12. The second kappa shape index (κ2) is 14.3. The molecule has 0 bridgehead atoms. The summed E-state index contributed by atoms with van der Waals surface area (Å²) in [4.78, 5) is 28.1. The minimum absolute atomic E-state index is 0.00403. The van der Waals surface area contributed by atoms with E-state index < -0.39 is 39.6 Å². The number of alkyl halides is 3. The van der Waals surface area contributed by atoms with E-state index in [1.165, 1.54) is 18.0 Å². The Morgan fingerprint density at radius 1 is 0.929 bits per heavy atom. The predicted molar refractivity (Wildman–Crippen MR) is 158 cm³/mol. The Labute approximate surface area is 253 Å². The molecule has 7 nitrogen and oxygen atoms in total. The molecular weight excluding hydrogens is 614 g/mol. The highest BCUT2D eigenvalue weighted by atomic mass is 35.5. The van der Waals surface area contributed by atoms with Crippen LogP contribution >= 0.6 is 23.2 Å². The largest absolute Gasteiger partial charge is 0.416 e. The van der Waals surface area contributed by atoms with E-state index in [1.54, 1.807) is 18.2 Å². The van der Waals surface area contributed by atoms with Gasteiger partial charge < -0.3 is 10.2 Å². The zero-order valence-electron chi connectivity index (χ0n) is 22.9. The third-order valence-corrected chi connectivity index (χ3v) is 8.40. The summed E-state index contributed by atoms with van der Waals surface area (Å²) in [6.07, 6.45) is -3.78. The number of carbonyl (C=O) groups excluding carboxylic acids is 2. The topological polar surface area (TPSA) is 86.8 Å². The molecule has 0 heterocycles. The lowest BCUT2D eigenvalue weighted by Gasteiger charge is -2.31. The van der Waals surface area contributed by atoms with Crippen molar-refractivity contribution in [2.45, 2.75) is 38.0 Å². The molecule has 42 heavy (non-hydrogen) atoms. The number of nitrogens with one attached hydrogen (secondary N) is 1. The van der Waals surface area contributed by atoms with E-state index in [9.17, 15) is 31.2 Å². The third kappa shape index (κ3) is 9.11. The molecule has 1 N–H and O–H groups in total. The molecule has 13 heteroatoms. The molecule has 3 aromatic rings. The fourth-order valence-corrected chi connectivity index (χ4v) is 5.67. The van der Waals surface area contributed by atoms with Crippen LogP contribution in [0.1, 0.15) is 29.5 Å². The highest BCUT2D eigenvalue weighted by molar-refractivity contribution is 7.92. The van der Waals surface area contributed by atoms with Crippen molar-refractivity contribution in [3.05, 3.63) is 99.5 Å². The van der Waals surface area contributed by atoms with Gasteiger partial charge in [-0.3, -0.25) is 13.9 Å². The maximum Gasteiger partial charge on any atom is 0.416 e. The summed E-state index contributed by atoms with van der Waals surface area (Å²) in [5, 5.41) is 3.19. The van der Waals surface area contributed by atoms with Gasteiger partial charge in [0.05, 0.1) is 27.6 Å². The monoisotopic (exact) mass is 643 g/mol. The van der Waals surface area contributed by atoms with Crippen molar-refractivity contribution in [2.75, 3.05) is 24.2 Å². The van der Waals surface area contributed by atoms with Crippen LogP contribution in [0.15, 0.2) is 72.8 Å². The van der Waals surface area contributed by atoms with Crippen LogP contribution in [0.25, 0.3) is 0 Å². The number of likely N-dealkylation sites (N-methyl/N-ethyl adjacent to an activating group) is 1. The number of benzene rings is 3. The van der Waals surface area contributed by atoms with Gasteiger partial charge in [0.2, 0.25) is 21.8 Å². The Morgan fingerprint density at radius 2 is 1.62 bits per heavy atom. The molecule has 0 aliphatic carbocycles. The quantitative estimate of drug-likeness (QED) is 0.264. The van der Waals surface area contributed by atoms with E-state index in [2.05, 4.69) is 5.32 Å². The Bertz CT molecular complexity index is 1510. The highest BCUT2D eigenvalue weighted by Crippen LogP contribution is 2.32. The van der Waals surface area contributed by atoms with Crippen molar-refractivity contribution in [3.8, 4) is 0 Å². The van der Waals surface area contributed by atoms with Crippen molar-refractivity contribution in [1.82, 2.24) is 10.2 Å². The average molecular weight is 645 g/mol. The molecule has 1 atom stereocenters. The fraction of sp³-hybridized carbons (Fsp3) is 0.310. The summed E-state index contributed by atoms with van der Waals surface area (Å²) in [5.41, 5.74) is 0.263. The Hall–Kier alpha value is -3.28. The number of anilines is 1. The molecule has 2 amide bonds. The molecular formula is C29H30Cl2F3N3O4S. The first-order valence-electron chi connectivity index (χ1n) is 12.8. The summed E-state index contributed by atoms with van der Waals surface area (Å²) in [7, 11) is -2.52. The van der Waals surface area contributed by atoms with Gasteiger partial charge in [0.25, 0.3) is 0 Å². The maximum atomic E-state index is 13.7. The van der Waals surface area contributed by atoms with Crippen LogP contribution in [0.4, 0.5) is 18.9 Å². The number of halogens is 5. The van der Waals surface area contributed by atoms with E-state index in [0.717, 1.165) is 34.3 Å². The number of carbonyl (C=O) groups is 2. The first kappa shape index (κ1) is 33.2. The number of hydrogen-bond acceptors (Lipinski definition) is 4. The Morgan fingerprint density at radius 3 is 2.21 bits per heavy atom. The SMILES string of the molecule is CNC(=O)[C@@H](Cc1ccccc1)N(Cc1ccc(Cl)c(Cl)c1)C(=O)CCCN(c1cccc(C(F)(F)F)c1)S(C)(=O)=O. The van der Waals surface area contributed by atoms with Gasteiger partial charge in [-0.15, -0.1) is 0 Å². The minimum atomic E-state index is -4.66. The summed E-state index contributed by atoms with van der Waals surface area (Å²) < 4.78 is 65.6. The molecule has 0 saturated carbocycles. The smallest absolute Gasteiger partial charge is 0.357 e. The number of hydrogen-bond donors (Lipinski definition) is 1. The van der Waals surface area contributed by atoms with Crippen LogP contribution in [0.5, 0.6) is 0 Å². The normalized spacial score (nSPS) is 12.5. The minimum Gasteiger partial charge on any atom is -0.357 e. The van der Waals surface area contributed by atoms with Crippen molar-refractivity contribution in [2.24, 2.45) is 0 Å². The molecule has 0 fully saturated rings. The first-order chi connectivity index (χ1) is 19.7. The molecule has 0 radical (unpaired) electrons. The Kier molecular flexibility index (Phi) is 11.3. The van der Waals surface area contributed by atoms with Gasteiger partial charge >= 0.3 is 6.18 Å². The van der Waals surface area contributed by atoms with Gasteiger partial charge in [0.1, 0.15) is 6.04 Å². The summed E-state index contributed by atoms with van der Waals surface area (Å²) in [6.45, 7) is -0.250. The highest BCUT2D eigenvalue weighted by Gasteiger charge is 2.32. The molecule has 3 rings (SSSR count). The summed E-state index contributed by atoms with van der Waals surface area (Å²) in [5.74, 6) is -0.864. The van der Waals surface area contributed by atoms with Crippen LogP contribution in [0, 0.1) is 0 Å². The lowest BCUT2D eigenvalue weighted by Crippen LogP contribution is -2.49. The Balaban J connectivity index is 1.88. The molecule has 0 aliphatic heterocycles. The number of amides is 2. The van der Waals surface area contributed by atoms with Crippen molar-refractivity contribution >= 4 is 50.7 Å². The second-order valence-electron chi connectivity index (χ2n) is 9.58. The summed E-state index contributed by atoms with van der Waals surface area (Å²) >= 11 is 12.2. The lowest BCUT2D eigenvalue weighted by molar-refractivity contribution is -0.141. The fourth-order valence-electron chi connectivity index (χ4n) is 4.40. The first-order valence-corrected chi connectivity index (χ1v) is 15.4. The molecule has 3 aromatic carbocycles. The average Bonchev–Trinajstić information content (AvgIpc) is 2.93. The second-order valence-corrected chi connectivity index (χ2v) is 12.3. The molecule has 0 aliphatic rings. The zero-order chi connectivity index (χ0) is 31.1. The molecule has 0 spiro atoms. The van der Waals surface area contributed by atoms with Gasteiger partial charge in [-0.2, -0.15) is 13.2 Å². The van der Waals surface area contributed by atoms with Crippen molar-refractivity contribution in [3.63, 3.8) is 0 Å². The van der Waals surface area contributed by atoms with E-state index in [4.69, 9.17) is 23.2 Å². The van der Waals surface area contributed by atoms with Crippen LogP contribution in [0.3, 0.4) is 0 Å². The predicted octanol–water partition coefficient (Wildman–Crippen LogP) is 5.94. The van der Waals surface area contributed by atoms with Crippen LogP contribution in [-0.2, 0) is 38.8 Å². The molecule has 0 unspecified atom stereocenters. The van der Waals surface area contributed by atoms with Gasteiger partial charge in [-0.25, -0.2) is 8.42 Å². The van der Waals surface area contributed by atoms with Gasteiger partial charge in [0.15, 0.2) is 0 Å². The molecule has 226 valence electrons. The van der Waals surface area contributed by atoms with Crippen LogP contribution in [-0.4, -0.2) is 51.0 Å². The van der Waals surface area contributed by atoms with E-state index >= 15 is 0 Å². The number of nitrogens with zero attached hydrogens (tertiary/aromatic N) is 2. The van der Waals surface area contributed by atoms with Gasteiger partial charge in [-0.05, 0) is 47.9 Å². The third-order valence-electron chi connectivity index (χ3n) is 6.47. The van der Waals surface area contributed by atoms with E-state index in [0.29, 0.717) is 10.6 Å². The number of sulfonamides is 1. The molecule has 0 aromatic heterocycles. The van der Waals surface area contributed by atoms with Gasteiger partial charge in [-0.1, -0.05) is 65.7 Å². The van der Waals surface area contributed by atoms with Crippen LogP contribution < -0.4 is 9.62 Å². The lowest BCUT2D eigenvalue weighted by atomic mass is 10.0. The zero-order valence-corrected chi connectivity index (χ0v) is 25.2. The van der Waals surface area contributed by atoms with E-state index in [1.807, 2.05) is 30.3 Å². The maximum absolute atomic E-state index is 13.7. The van der Waals surface area contributed by atoms with Crippen molar-refractivity contribution < 1.29 is 31.2 Å². The molecule has 0 saturated heterocycles. The van der Waals surface area contributed by atoms with Gasteiger partial charge in [0, 0.05) is 33.0 Å². The van der Waals surface area contributed by atoms with Crippen LogP contribution in [0.2, 0.25) is 10.0 Å². The van der Waals surface area contributed by atoms with Crippen molar-refractivity contribution in [1.29, 1.82) is 0 Å². The van der Waals surface area contributed by atoms with E-state index in [-0.39, 0.29) is 43.1 Å². The summed E-state index contributed by atoms with van der Waals surface area (Å²) in [6, 6.07) is 17.0. The standard InChI is InChI=1S/C29H30Cl2F3N3O4S/c1-35-28(39)26(17-20-8-4-3-5-9-20)36(19-21-13-14-24(30)25(31)16-21)27(38)12-7-15-37(42(2,40)41)23-11-6-10-22(18-23)29(32,33)34/h3-6,8-11,13-14,16,18,26H,7,12,15,17,19H2,1-2H3,(H,35,39)/t26-/m1/s1.